The van der Waals surface area contributed by atoms with Gasteiger partial charge in [-0.15, -0.1) is 0 Å². The van der Waals surface area contributed by atoms with Crippen molar-refractivity contribution >= 4 is 5.97 Å². The van der Waals surface area contributed by atoms with Crippen molar-refractivity contribution in [1.82, 2.24) is 5.32 Å². The molecular weight excluding hydrogens is 198 g/mol. The summed E-state index contributed by atoms with van der Waals surface area (Å²) in [5.41, 5.74) is -1.53. The third kappa shape index (κ3) is 7.30. The molecular formula is C10H21NO4. The van der Waals surface area contributed by atoms with E-state index in [1.807, 2.05) is 6.92 Å². The number of carboxylic acid groups (broad SMARTS) is 1. The Labute approximate surface area is 90.4 Å². The van der Waals surface area contributed by atoms with E-state index < -0.39 is 11.6 Å². The van der Waals surface area contributed by atoms with E-state index in [2.05, 4.69) is 5.32 Å². The second-order valence-corrected chi connectivity index (χ2v) is 3.69. The molecule has 0 aliphatic carbocycles. The Hall–Kier alpha value is -0.650. The predicted molar refractivity (Wildman–Crippen MR) is 56.9 cm³/mol. The molecule has 1 fully saturated rings. The summed E-state index contributed by atoms with van der Waals surface area (Å²) < 4.78 is 5.01. The lowest BCUT2D eigenvalue weighted by atomic mass is 10.0. The third-order valence-electron chi connectivity index (χ3n) is 2.04. The number of carboxylic acids is 1. The van der Waals surface area contributed by atoms with Gasteiger partial charge in [0.25, 0.3) is 0 Å². The fraction of sp³-hybridized carbons (Fsp3) is 0.900. The number of carbonyl (C=O) groups is 1. The summed E-state index contributed by atoms with van der Waals surface area (Å²) in [5, 5.41) is 20.5. The van der Waals surface area contributed by atoms with Crippen molar-refractivity contribution in [2.75, 3.05) is 26.3 Å². The van der Waals surface area contributed by atoms with Gasteiger partial charge in [-0.3, -0.25) is 0 Å². The van der Waals surface area contributed by atoms with Gasteiger partial charge < -0.3 is 20.3 Å². The minimum absolute atomic E-state index is 0.308. The Kier molecular flexibility index (Phi) is 7.29. The maximum absolute atomic E-state index is 10.2. The van der Waals surface area contributed by atoms with Crippen molar-refractivity contribution in [1.29, 1.82) is 0 Å². The zero-order valence-corrected chi connectivity index (χ0v) is 9.45. The number of aliphatic carboxylic acids is 1. The van der Waals surface area contributed by atoms with Crippen molar-refractivity contribution < 1.29 is 19.7 Å². The fourth-order valence-electron chi connectivity index (χ4n) is 1.11. The standard InChI is InChI=1S/C6H12O3.C4H9NO/c1-3-4-6(2,9)5(7)8;1-3-6-4-2-5-1/h9H,3-4H2,1-2H3,(H,7,8);5H,1-4H2. The maximum Gasteiger partial charge on any atom is 0.335 e. The van der Waals surface area contributed by atoms with Crippen LogP contribution in [0.3, 0.4) is 0 Å². The molecule has 0 saturated carbocycles. The lowest BCUT2D eigenvalue weighted by Gasteiger charge is -2.15. The Morgan fingerprint density at radius 1 is 1.47 bits per heavy atom. The molecule has 15 heavy (non-hydrogen) atoms. The predicted octanol–water partition coefficient (Wildman–Crippen LogP) is 0.228. The lowest BCUT2D eigenvalue weighted by Crippen LogP contribution is -2.34. The highest BCUT2D eigenvalue weighted by Crippen LogP contribution is 2.10. The summed E-state index contributed by atoms with van der Waals surface area (Å²) >= 11 is 0. The minimum Gasteiger partial charge on any atom is -0.479 e. The topological polar surface area (TPSA) is 78.8 Å². The van der Waals surface area contributed by atoms with Gasteiger partial charge in [-0.2, -0.15) is 0 Å². The van der Waals surface area contributed by atoms with Gasteiger partial charge in [0.15, 0.2) is 5.60 Å². The molecule has 1 rings (SSSR count). The van der Waals surface area contributed by atoms with Gasteiger partial charge in [0.05, 0.1) is 13.2 Å². The Balaban J connectivity index is 0.000000280. The summed E-state index contributed by atoms with van der Waals surface area (Å²) in [5.74, 6) is -1.15. The van der Waals surface area contributed by atoms with Crippen LogP contribution in [0.1, 0.15) is 26.7 Å². The van der Waals surface area contributed by atoms with E-state index in [4.69, 9.17) is 14.9 Å². The first-order chi connectivity index (χ1) is 7.00. The smallest absolute Gasteiger partial charge is 0.335 e. The number of nitrogens with one attached hydrogen (secondary N) is 1. The second kappa shape index (κ2) is 7.62. The van der Waals surface area contributed by atoms with Gasteiger partial charge in [-0.1, -0.05) is 13.3 Å². The van der Waals surface area contributed by atoms with E-state index in [0.29, 0.717) is 12.8 Å². The van der Waals surface area contributed by atoms with Gasteiger partial charge >= 0.3 is 5.97 Å². The molecule has 0 bridgehead atoms. The molecule has 1 aliphatic heterocycles. The molecule has 0 aromatic rings. The summed E-state index contributed by atoms with van der Waals surface area (Å²) in [6.45, 7) is 6.97. The van der Waals surface area contributed by atoms with Crippen LogP contribution in [0.25, 0.3) is 0 Å². The summed E-state index contributed by atoms with van der Waals surface area (Å²) in [4.78, 5) is 10.2. The molecule has 1 unspecified atom stereocenters. The van der Waals surface area contributed by atoms with Crippen molar-refractivity contribution in [3.8, 4) is 0 Å². The van der Waals surface area contributed by atoms with Crippen LogP contribution in [-0.2, 0) is 9.53 Å². The number of aliphatic hydroxyl groups is 1. The van der Waals surface area contributed by atoms with Gasteiger partial charge in [0.2, 0.25) is 0 Å². The van der Waals surface area contributed by atoms with E-state index in [1.54, 1.807) is 0 Å². The quantitative estimate of drug-likeness (QED) is 0.633. The Morgan fingerprint density at radius 3 is 2.13 bits per heavy atom. The maximum atomic E-state index is 10.2. The van der Waals surface area contributed by atoms with Gasteiger partial charge in [0, 0.05) is 13.1 Å². The molecule has 0 aromatic carbocycles. The Morgan fingerprint density at radius 2 is 2.00 bits per heavy atom. The van der Waals surface area contributed by atoms with Crippen LogP contribution in [0.15, 0.2) is 0 Å². The fourth-order valence-corrected chi connectivity index (χ4v) is 1.11. The number of ether oxygens (including phenoxy) is 1. The number of morpholine rings is 1. The monoisotopic (exact) mass is 219 g/mol. The molecule has 90 valence electrons. The van der Waals surface area contributed by atoms with E-state index in [1.165, 1.54) is 6.92 Å². The molecule has 1 heterocycles. The molecule has 1 saturated heterocycles. The first-order valence-corrected chi connectivity index (χ1v) is 5.25. The van der Waals surface area contributed by atoms with Crippen LogP contribution in [0.2, 0.25) is 0 Å². The molecule has 0 aromatic heterocycles. The SMILES string of the molecule is C1COCCN1.CCCC(C)(O)C(=O)O. The summed E-state index contributed by atoms with van der Waals surface area (Å²) in [6, 6.07) is 0. The highest BCUT2D eigenvalue weighted by Gasteiger charge is 2.27. The molecule has 0 amide bonds. The van der Waals surface area contributed by atoms with E-state index >= 15 is 0 Å². The average Bonchev–Trinajstić information content (AvgIpc) is 2.21. The van der Waals surface area contributed by atoms with Crippen LogP contribution in [0.5, 0.6) is 0 Å². The Bertz CT molecular complexity index is 167. The van der Waals surface area contributed by atoms with E-state index in [0.717, 1.165) is 26.3 Å². The first-order valence-electron chi connectivity index (χ1n) is 5.25. The molecule has 0 radical (unpaired) electrons. The molecule has 5 heteroatoms. The van der Waals surface area contributed by atoms with Crippen LogP contribution >= 0.6 is 0 Å². The number of rotatable bonds is 3. The van der Waals surface area contributed by atoms with Crippen LogP contribution < -0.4 is 5.32 Å². The zero-order valence-electron chi connectivity index (χ0n) is 9.45. The number of hydrogen-bond acceptors (Lipinski definition) is 4. The minimum atomic E-state index is -1.53. The summed E-state index contributed by atoms with van der Waals surface area (Å²) in [6.07, 6.45) is 0.988. The first kappa shape index (κ1) is 14.3. The van der Waals surface area contributed by atoms with Crippen molar-refractivity contribution in [2.45, 2.75) is 32.3 Å². The van der Waals surface area contributed by atoms with Crippen LogP contribution in [-0.4, -0.2) is 48.1 Å². The lowest BCUT2D eigenvalue weighted by molar-refractivity contribution is -0.157. The third-order valence-corrected chi connectivity index (χ3v) is 2.04. The van der Waals surface area contributed by atoms with Gasteiger partial charge in [0.1, 0.15) is 0 Å². The van der Waals surface area contributed by atoms with Crippen molar-refractivity contribution in [3.05, 3.63) is 0 Å². The van der Waals surface area contributed by atoms with Gasteiger partial charge in [-0.05, 0) is 13.3 Å². The van der Waals surface area contributed by atoms with Crippen molar-refractivity contribution in [3.63, 3.8) is 0 Å². The average molecular weight is 219 g/mol. The van der Waals surface area contributed by atoms with Crippen LogP contribution in [0, 0.1) is 0 Å². The summed E-state index contributed by atoms with van der Waals surface area (Å²) in [7, 11) is 0. The molecule has 1 atom stereocenters. The molecule has 1 aliphatic rings. The number of hydrogen-bond donors (Lipinski definition) is 3. The highest BCUT2D eigenvalue weighted by molar-refractivity contribution is 5.76. The second-order valence-electron chi connectivity index (χ2n) is 3.69. The van der Waals surface area contributed by atoms with Crippen LogP contribution in [0.4, 0.5) is 0 Å². The largest absolute Gasteiger partial charge is 0.479 e. The zero-order chi connectivity index (χ0) is 11.7. The van der Waals surface area contributed by atoms with E-state index in [9.17, 15) is 4.79 Å². The van der Waals surface area contributed by atoms with Gasteiger partial charge in [-0.25, -0.2) is 4.79 Å². The normalized spacial score (nSPS) is 19.7. The molecule has 5 nitrogen and oxygen atoms in total. The van der Waals surface area contributed by atoms with E-state index in [-0.39, 0.29) is 0 Å². The van der Waals surface area contributed by atoms with Crippen molar-refractivity contribution in [2.24, 2.45) is 0 Å². The highest BCUT2D eigenvalue weighted by atomic mass is 16.5. The molecule has 3 N–H and O–H groups in total. The molecule has 0 spiro atoms.